The molecule has 0 radical (unpaired) electrons. The van der Waals surface area contributed by atoms with Crippen LogP contribution in [0.2, 0.25) is 10.0 Å². The van der Waals surface area contributed by atoms with Gasteiger partial charge in [0.15, 0.2) is 0 Å². The molecule has 20 heavy (non-hydrogen) atoms. The molecule has 1 atom stereocenters. The number of nitrogens with one attached hydrogen (secondary N) is 2. The number of nitrogens with two attached hydrogens (primary N) is 1. The van der Waals surface area contributed by atoms with E-state index in [-0.39, 0.29) is 18.0 Å². The third kappa shape index (κ3) is 4.97. The van der Waals surface area contributed by atoms with Crippen LogP contribution in [0.4, 0.5) is 5.69 Å². The number of carboxylic acids is 1. The van der Waals surface area contributed by atoms with E-state index in [2.05, 4.69) is 10.6 Å². The Bertz CT molecular complexity index is 497. The highest BCUT2D eigenvalue weighted by Gasteiger charge is 2.20. The topological polar surface area (TPSA) is 104 Å². The molecular formula is C12H15Cl2N3O3. The first kappa shape index (κ1) is 16.7. The monoisotopic (exact) mass is 319 g/mol. The normalized spacial score (nSPS) is 11.9. The standard InChI is InChI=1S/C12H15Cl2N3O3/c13-7-2-1-3-8(11(7)14)17-10(18)6-9(12(19)20)16-5-4-15/h1-3,9,16H,4-6,15H2,(H,17,18)(H,19,20)/t9-/m1/s1. The second-order valence-electron chi connectivity index (χ2n) is 3.99. The number of carboxylic acid groups (broad SMARTS) is 1. The molecule has 1 amide bonds. The largest absolute Gasteiger partial charge is 0.480 e. The minimum absolute atomic E-state index is 0.212. The van der Waals surface area contributed by atoms with Gasteiger partial charge in [0.05, 0.1) is 22.2 Å². The number of benzene rings is 1. The van der Waals surface area contributed by atoms with Gasteiger partial charge in [0.25, 0.3) is 0 Å². The molecule has 0 aromatic heterocycles. The summed E-state index contributed by atoms with van der Waals surface area (Å²) in [6, 6.07) is 3.79. The molecule has 5 N–H and O–H groups in total. The van der Waals surface area contributed by atoms with Crippen LogP contribution in [0.15, 0.2) is 18.2 Å². The molecule has 0 aliphatic heterocycles. The molecule has 0 heterocycles. The van der Waals surface area contributed by atoms with Crippen LogP contribution in [0.3, 0.4) is 0 Å². The number of hydrogen-bond donors (Lipinski definition) is 4. The van der Waals surface area contributed by atoms with E-state index >= 15 is 0 Å². The lowest BCUT2D eigenvalue weighted by Gasteiger charge is -2.14. The predicted octanol–water partition coefficient (Wildman–Crippen LogP) is 1.32. The van der Waals surface area contributed by atoms with E-state index in [1.54, 1.807) is 18.2 Å². The first-order valence-electron chi connectivity index (χ1n) is 5.85. The maximum Gasteiger partial charge on any atom is 0.321 e. The van der Waals surface area contributed by atoms with Crippen molar-refractivity contribution < 1.29 is 14.7 Å². The van der Waals surface area contributed by atoms with Gasteiger partial charge in [0.2, 0.25) is 5.91 Å². The Morgan fingerprint density at radius 1 is 1.35 bits per heavy atom. The predicted molar refractivity (Wildman–Crippen MR) is 78.2 cm³/mol. The van der Waals surface area contributed by atoms with Gasteiger partial charge in [-0.05, 0) is 12.1 Å². The van der Waals surface area contributed by atoms with Gasteiger partial charge >= 0.3 is 5.97 Å². The van der Waals surface area contributed by atoms with Crippen LogP contribution in [-0.4, -0.2) is 36.1 Å². The molecule has 1 rings (SSSR count). The number of anilines is 1. The summed E-state index contributed by atoms with van der Waals surface area (Å²) in [7, 11) is 0. The second kappa shape index (κ2) is 8.06. The Morgan fingerprint density at radius 3 is 2.65 bits per heavy atom. The van der Waals surface area contributed by atoms with E-state index in [1.165, 1.54) is 0 Å². The quantitative estimate of drug-likeness (QED) is 0.606. The zero-order valence-electron chi connectivity index (χ0n) is 10.5. The van der Waals surface area contributed by atoms with Crippen molar-refractivity contribution in [1.82, 2.24) is 5.32 Å². The van der Waals surface area contributed by atoms with Crippen LogP contribution in [0.5, 0.6) is 0 Å². The summed E-state index contributed by atoms with van der Waals surface area (Å²) in [5, 5.41) is 14.7. The lowest BCUT2D eigenvalue weighted by molar-refractivity contribution is -0.141. The zero-order valence-corrected chi connectivity index (χ0v) is 12.0. The Hall–Kier alpha value is -1.34. The Kier molecular flexibility index (Phi) is 6.74. The lowest BCUT2D eigenvalue weighted by Crippen LogP contribution is -2.41. The Labute approximate surface area is 126 Å². The van der Waals surface area contributed by atoms with Gasteiger partial charge in [-0.2, -0.15) is 0 Å². The van der Waals surface area contributed by atoms with E-state index in [0.717, 1.165) is 0 Å². The van der Waals surface area contributed by atoms with Crippen molar-refractivity contribution in [3.05, 3.63) is 28.2 Å². The van der Waals surface area contributed by atoms with Gasteiger partial charge in [-0.15, -0.1) is 0 Å². The van der Waals surface area contributed by atoms with E-state index in [4.69, 9.17) is 34.0 Å². The van der Waals surface area contributed by atoms with Gasteiger partial charge in [-0.3, -0.25) is 9.59 Å². The number of carbonyl (C=O) groups is 2. The molecule has 1 aromatic rings. The first-order chi connectivity index (χ1) is 9.45. The van der Waals surface area contributed by atoms with Gasteiger partial charge < -0.3 is 21.5 Å². The summed E-state index contributed by atoms with van der Waals surface area (Å²) in [6.45, 7) is 0.591. The van der Waals surface area contributed by atoms with Gasteiger partial charge in [-0.1, -0.05) is 29.3 Å². The summed E-state index contributed by atoms with van der Waals surface area (Å²) >= 11 is 11.7. The summed E-state index contributed by atoms with van der Waals surface area (Å²) in [6.07, 6.45) is -0.238. The maximum absolute atomic E-state index is 11.8. The first-order valence-corrected chi connectivity index (χ1v) is 6.61. The fourth-order valence-electron chi connectivity index (χ4n) is 1.49. The van der Waals surface area contributed by atoms with Gasteiger partial charge in [-0.25, -0.2) is 0 Å². The summed E-state index contributed by atoms with van der Waals surface area (Å²) in [5.41, 5.74) is 5.62. The molecule has 0 saturated heterocycles. The molecule has 1 aromatic carbocycles. The molecule has 0 unspecified atom stereocenters. The van der Waals surface area contributed by atoms with Crippen LogP contribution >= 0.6 is 23.2 Å². The average molecular weight is 320 g/mol. The van der Waals surface area contributed by atoms with E-state index in [1.807, 2.05) is 0 Å². The summed E-state index contributed by atoms with van der Waals surface area (Å²) in [4.78, 5) is 22.8. The van der Waals surface area contributed by atoms with E-state index in [9.17, 15) is 9.59 Å². The zero-order chi connectivity index (χ0) is 15.1. The van der Waals surface area contributed by atoms with Crippen molar-refractivity contribution in [3.63, 3.8) is 0 Å². The highest BCUT2D eigenvalue weighted by Crippen LogP contribution is 2.29. The molecule has 0 saturated carbocycles. The lowest BCUT2D eigenvalue weighted by atomic mass is 10.2. The molecule has 0 bridgehead atoms. The minimum atomic E-state index is -1.12. The summed E-state index contributed by atoms with van der Waals surface area (Å²) < 4.78 is 0. The third-order valence-corrected chi connectivity index (χ3v) is 3.27. The Balaban J connectivity index is 2.66. The number of carbonyl (C=O) groups excluding carboxylic acids is 1. The van der Waals surface area contributed by atoms with Crippen molar-refractivity contribution in [2.24, 2.45) is 5.73 Å². The SMILES string of the molecule is NCCN[C@H](CC(=O)Nc1cccc(Cl)c1Cl)C(=O)O. The van der Waals surface area contributed by atoms with Gasteiger partial charge in [0, 0.05) is 13.1 Å². The van der Waals surface area contributed by atoms with Crippen molar-refractivity contribution in [2.75, 3.05) is 18.4 Å². The van der Waals surface area contributed by atoms with Crippen LogP contribution in [0.1, 0.15) is 6.42 Å². The fraction of sp³-hybridized carbons (Fsp3) is 0.333. The Morgan fingerprint density at radius 2 is 2.05 bits per heavy atom. The smallest absolute Gasteiger partial charge is 0.321 e. The third-order valence-electron chi connectivity index (χ3n) is 2.45. The number of hydrogen-bond acceptors (Lipinski definition) is 4. The van der Waals surface area contributed by atoms with Crippen LogP contribution in [-0.2, 0) is 9.59 Å². The maximum atomic E-state index is 11.8. The average Bonchev–Trinajstić information content (AvgIpc) is 2.39. The van der Waals surface area contributed by atoms with Crippen LogP contribution in [0.25, 0.3) is 0 Å². The van der Waals surface area contributed by atoms with Crippen molar-refractivity contribution in [2.45, 2.75) is 12.5 Å². The molecule has 0 aliphatic rings. The van der Waals surface area contributed by atoms with Crippen molar-refractivity contribution >= 4 is 40.8 Å². The summed E-state index contributed by atoms with van der Waals surface area (Å²) in [5.74, 6) is -1.60. The van der Waals surface area contributed by atoms with Crippen LogP contribution < -0.4 is 16.4 Å². The number of aliphatic carboxylic acids is 1. The van der Waals surface area contributed by atoms with Gasteiger partial charge in [0.1, 0.15) is 6.04 Å². The molecule has 0 fully saturated rings. The molecule has 110 valence electrons. The minimum Gasteiger partial charge on any atom is -0.480 e. The number of amides is 1. The molecular weight excluding hydrogens is 305 g/mol. The second-order valence-corrected chi connectivity index (χ2v) is 4.77. The molecule has 6 nitrogen and oxygen atoms in total. The fourth-order valence-corrected chi connectivity index (χ4v) is 1.84. The number of halogens is 2. The highest BCUT2D eigenvalue weighted by atomic mass is 35.5. The van der Waals surface area contributed by atoms with Crippen LogP contribution in [0, 0.1) is 0 Å². The van der Waals surface area contributed by atoms with E-state index in [0.29, 0.717) is 17.3 Å². The van der Waals surface area contributed by atoms with Crippen molar-refractivity contribution in [1.29, 1.82) is 0 Å². The number of rotatable bonds is 7. The molecule has 0 spiro atoms. The molecule has 0 aliphatic carbocycles. The van der Waals surface area contributed by atoms with E-state index < -0.39 is 17.9 Å². The van der Waals surface area contributed by atoms with Crippen molar-refractivity contribution in [3.8, 4) is 0 Å². The molecule has 8 heteroatoms. The highest BCUT2D eigenvalue weighted by molar-refractivity contribution is 6.43.